The summed E-state index contributed by atoms with van der Waals surface area (Å²) in [5, 5.41) is 8.92. The van der Waals surface area contributed by atoms with Gasteiger partial charge in [-0.15, -0.1) is 0 Å². The number of nitrogens with zero attached hydrogens (tertiary/aromatic N) is 1. The Balaban J connectivity index is 0.00000115. The van der Waals surface area contributed by atoms with Crippen LogP contribution in [0.15, 0.2) is 48.7 Å². The fourth-order valence-corrected chi connectivity index (χ4v) is 5.18. The van der Waals surface area contributed by atoms with Crippen molar-refractivity contribution in [2.75, 3.05) is 20.8 Å². The number of rotatable bonds is 11. The first-order valence-corrected chi connectivity index (χ1v) is 13.8. The summed E-state index contributed by atoms with van der Waals surface area (Å²) in [5.41, 5.74) is 2.90. The van der Waals surface area contributed by atoms with Gasteiger partial charge < -0.3 is 19.3 Å². The number of hydrogen-bond acceptors (Lipinski definition) is 5. The third-order valence-electron chi connectivity index (χ3n) is 7.37. The van der Waals surface area contributed by atoms with Gasteiger partial charge in [0.1, 0.15) is 12.4 Å². The molecule has 2 aliphatic carbocycles. The highest BCUT2D eigenvalue weighted by molar-refractivity contribution is 5.71. The maximum absolute atomic E-state index is 15.0. The molecule has 0 amide bonds. The van der Waals surface area contributed by atoms with E-state index in [0.29, 0.717) is 23.6 Å². The number of aromatic nitrogens is 1. The van der Waals surface area contributed by atoms with Crippen LogP contribution >= 0.6 is 0 Å². The molecule has 3 aromatic rings. The van der Waals surface area contributed by atoms with Crippen molar-refractivity contribution in [2.45, 2.75) is 69.8 Å². The number of carbonyl (C=O) groups is 1. The standard InChI is InChI=1S/C29H31F2NO5.C3H6/c1-35-18-29(12-3-4-13-29)23-14-19(8-10-21(23)22-15-26(36-2)32-16-24(22)30)17-37-25-7-5-6-20(28(25)31)9-11-27(33)34;1-2-3-1/h5-8,10,14-16H,3-4,9,11-13,17-18H2,1-2H3,(H,33,34);1-3H2. The summed E-state index contributed by atoms with van der Waals surface area (Å²) >= 11 is 0. The van der Waals surface area contributed by atoms with E-state index in [4.69, 9.17) is 19.3 Å². The van der Waals surface area contributed by atoms with Gasteiger partial charge in [-0.25, -0.2) is 13.8 Å². The zero-order chi connectivity index (χ0) is 28.5. The smallest absolute Gasteiger partial charge is 0.303 e. The van der Waals surface area contributed by atoms with Crippen LogP contribution in [0.4, 0.5) is 8.78 Å². The van der Waals surface area contributed by atoms with E-state index in [2.05, 4.69) is 4.98 Å². The number of aliphatic carboxylic acids is 1. The van der Waals surface area contributed by atoms with E-state index in [1.807, 2.05) is 18.2 Å². The van der Waals surface area contributed by atoms with E-state index >= 15 is 0 Å². The summed E-state index contributed by atoms with van der Waals surface area (Å²) < 4.78 is 46.6. The third kappa shape index (κ3) is 7.36. The number of benzene rings is 2. The monoisotopic (exact) mass is 553 g/mol. The van der Waals surface area contributed by atoms with Crippen LogP contribution < -0.4 is 9.47 Å². The van der Waals surface area contributed by atoms with Crippen LogP contribution in [0, 0.1) is 11.6 Å². The van der Waals surface area contributed by atoms with Gasteiger partial charge in [0.25, 0.3) is 0 Å². The lowest BCUT2D eigenvalue weighted by molar-refractivity contribution is -0.136. The molecule has 2 aromatic carbocycles. The second kappa shape index (κ2) is 13.7. The van der Waals surface area contributed by atoms with Gasteiger partial charge in [-0.05, 0) is 47.6 Å². The molecule has 0 atom stereocenters. The van der Waals surface area contributed by atoms with Gasteiger partial charge >= 0.3 is 5.97 Å². The van der Waals surface area contributed by atoms with Crippen molar-refractivity contribution < 1.29 is 32.9 Å². The molecule has 2 aliphatic rings. The number of hydrogen-bond donors (Lipinski definition) is 1. The predicted octanol–water partition coefficient (Wildman–Crippen LogP) is 7.26. The van der Waals surface area contributed by atoms with Gasteiger partial charge in [0.2, 0.25) is 5.88 Å². The molecule has 2 fully saturated rings. The predicted molar refractivity (Wildman–Crippen MR) is 149 cm³/mol. The van der Waals surface area contributed by atoms with Gasteiger partial charge in [-0.3, -0.25) is 4.79 Å². The van der Waals surface area contributed by atoms with E-state index in [9.17, 15) is 13.6 Å². The fraction of sp³-hybridized carbons (Fsp3) is 0.438. The van der Waals surface area contributed by atoms with Gasteiger partial charge in [-0.1, -0.05) is 62.4 Å². The van der Waals surface area contributed by atoms with Crippen molar-refractivity contribution in [3.05, 3.63) is 77.0 Å². The summed E-state index contributed by atoms with van der Waals surface area (Å²) in [4.78, 5) is 14.9. The Bertz CT molecular complexity index is 1300. The number of ether oxygens (including phenoxy) is 3. The van der Waals surface area contributed by atoms with E-state index in [0.717, 1.165) is 48.6 Å². The molecule has 6 nitrogen and oxygen atoms in total. The zero-order valence-corrected chi connectivity index (χ0v) is 23.2. The first-order valence-electron chi connectivity index (χ1n) is 13.8. The maximum atomic E-state index is 15.0. The number of carboxylic acid groups (broad SMARTS) is 1. The lowest BCUT2D eigenvalue weighted by Crippen LogP contribution is -2.29. The summed E-state index contributed by atoms with van der Waals surface area (Å²) in [6.45, 7) is 0.589. The molecule has 1 N–H and O–H groups in total. The molecule has 0 saturated heterocycles. The average molecular weight is 554 g/mol. The van der Waals surface area contributed by atoms with E-state index in [-0.39, 0.29) is 30.6 Å². The lowest BCUT2D eigenvalue weighted by Gasteiger charge is -2.32. The molecular formula is C32H37F2NO5. The summed E-state index contributed by atoms with van der Waals surface area (Å²) in [7, 11) is 3.16. The van der Waals surface area contributed by atoms with Crippen molar-refractivity contribution in [1.82, 2.24) is 4.98 Å². The van der Waals surface area contributed by atoms with Crippen LogP contribution in [0.5, 0.6) is 11.6 Å². The van der Waals surface area contributed by atoms with Crippen molar-refractivity contribution in [3.63, 3.8) is 0 Å². The molecule has 8 heteroatoms. The quantitative estimate of drug-likeness (QED) is 0.269. The molecule has 1 aromatic heterocycles. The minimum atomic E-state index is -0.988. The Morgan fingerprint density at radius 1 is 1.00 bits per heavy atom. The first-order chi connectivity index (χ1) is 19.4. The van der Waals surface area contributed by atoms with Crippen molar-refractivity contribution in [1.29, 1.82) is 0 Å². The van der Waals surface area contributed by atoms with Gasteiger partial charge in [0, 0.05) is 30.6 Å². The molecule has 0 radical (unpaired) electrons. The van der Waals surface area contributed by atoms with E-state index in [1.54, 1.807) is 25.3 Å². The number of aryl methyl sites for hydroxylation is 1. The molecule has 0 spiro atoms. The SMILES string of the molecule is C1CC1.COCC1(c2cc(COc3cccc(CCC(=O)O)c3F)ccc2-c2cc(OC)ncc2F)CCCC1. The van der Waals surface area contributed by atoms with Crippen LogP contribution in [0.1, 0.15) is 68.1 Å². The minimum Gasteiger partial charge on any atom is -0.486 e. The second-order valence-corrected chi connectivity index (χ2v) is 10.5. The number of halogens is 2. The molecule has 2 saturated carbocycles. The van der Waals surface area contributed by atoms with Gasteiger partial charge in [0.05, 0.1) is 19.9 Å². The topological polar surface area (TPSA) is 77.9 Å². The number of carboxylic acids is 1. The maximum Gasteiger partial charge on any atom is 0.303 e. The Morgan fingerprint density at radius 2 is 1.75 bits per heavy atom. The van der Waals surface area contributed by atoms with Crippen LogP contribution in [0.3, 0.4) is 0 Å². The first kappa shape index (κ1) is 29.5. The molecule has 214 valence electrons. The van der Waals surface area contributed by atoms with Crippen molar-refractivity contribution in [2.24, 2.45) is 0 Å². The summed E-state index contributed by atoms with van der Waals surface area (Å²) in [5.74, 6) is -1.61. The van der Waals surface area contributed by atoms with E-state index in [1.165, 1.54) is 32.4 Å². The van der Waals surface area contributed by atoms with Gasteiger partial charge in [-0.2, -0.15) is 0 Å². The highest BCUT2D eigenvalue weighted by atomic mass is 19.1. The Labute approximate surface area is 234 Å². The van der Waals surface area contributed by atoms with Gasteiger partial charge in [0.15, 0.2) is 11.6 Å². The minimum absolute atomic E-state index is 0.0610. The van der Waals surface area contributed by atoms with Crippen LogP contribution in [-0.2, 0) is 28.0 Å². The zero-order valence-electron chi connectivity index (χ0n) is 23.2. The number of pyridine rings is 1. The Hall–Kier alpha value is -3.52. The molecule has 5 rings (SSSR count). The number of methoxy groups -OCH3 is 2. The van der Waals surface area contributed by atoms with E-state index < -0.39 is 17.6 Å². The molecule has 1 heterocycles. The molecule has 0 bridgehead atoms. The lowest BCUT2D eigenvalue weighted by atomic mass is 9.75. The molecular weight excluding hydrogens is 516 g/mol. The van der Waals surface area contributed by atoms with Crippen LogP contribution in [0.2, 0.25) is 0 Å². The normalized spacial score (nSPS) is 15.2. The highest BCUT2D eigenvalue weighted by Crippen LogP contribution is 2.46. The Kier molecular flexibility index (Phi) is 10.1. The second-order valence-electron chi connectivity index (χ2n) is 10.5. The van der Waals surface area contributed by atoms with Crippen LogP contribution in [0.25, 0.3) is 11.1 Å². The fourth-order valence-electron chi connectivity index (χ4n) is 5.18. The average Bonchev–Trinajstić information content (AvgIpc) is 3.77. The summed E-state index contributed by atoms with van der Waals surface area (Å²) in [6, 6.07) is 12.0. The van der Waals surface area contributed by atoms with Crippen molar-refractivity contribution in [3.8, 4) is 22.8 Å². The Morgan fingerprint density at radius 3 is 2.40 bits per heavy atom. The highest BCUT2D eigenvalue weighted by Gasteiger charge is 2.38. The molecule has 0 unspecified atom stereocenters. The summed E-state index contributed by atoms with van der Waals surface area (Å²) in [6.07, 6.45) is 9.47. The molecule has 0 aliphatic heterocycles. The van der Waals surface area contributed by atoms with Crippen molar-refractivity contribution >= 4 is 5.97 Å². The largest absolute Gasteiger partial charge is 0.486 e. The third-order valence-corrected chi connectivity index (χ3v) is 7.37. The van der Waals surface area contributed by atoms with Crippen LogP contribution in [-0.4, -0.2) is 36.9 Å². The molecule has 40 heavy (non-hydrogen) atoms.